The van der Waals surface area contributed by atoms with Crippen molar-refractivity contribution in [2.24, 2.45) is 7.05 Å². The maximum absolute atomic E-state index is 12.3. The number of nitrogens with zero attached hydrogens (tertiary/aromatic N) is 2. The van der Waals surface area contributed by atoms with Crippen molar-refractivity contribution in [2.45, 2.75) is 18.6 Å². The Hall–Kier alpha value is -2.15. The van der Waals surface area contributed by atoms with Crippen molar-refractivity contribution in [1.82, 2.24) is 9.47 Å². The summed E-state index contributed by atoms with van der Waals surface area (Å²) in [6, 6.07) is 1.79. The Morgan fingerprint density at radius 3 is 2.70 bits per heavy atom. The van der Waals surface area contributed by atoms with Gasteiger partial charge in [0.1, 0.15) is 6.04 Å². The number of amides is 1. The van der Waals surface area contributed by atoms with Gasteiger partial charge in [0.05, 0.1) is 6.10 Å². The molecule has 0 saturated carbocycles. The van der Waals surface area contributed by atoms with Crippen LogP contribution in [-0.2, 0) is 16.6 Å². The fraction of sp³-hybridized carbons (Fsp3) is 0.462. The second-order valence-electron chi connectivity index (χ2n) is 4.77. The predicted molar refractivity (Wildman–Crippen MR) is 69.6 cm³/mol. The molecule has 1 aliphatic rings. The molecule has 0 spiro atoms. The van der Waals surface area contributed by atoms with Crippen molar-refractivity contribution < 1.29 is 19.4 Å². The normalized spacial score (nSPS) is 22.0. The molecule has 0 bridgehead atoms. The molecule has 20 heavy (non-hydrogen) atoms. The van der Waals surface area contributed by atoms with Crippen LogP contribution in [0.15, 0.2) is 23.1 Å². The molecule has 1 N–H and O–H groups in total. The van der Waals surface area contributed by atoms with E-state index in [2.05, 4.69) is 0 Å². The summed E-state index contributed by atoms with van der Waals surface area (Å²) in [6.45, 7) is 0.210. The Kier molecular flexibility index (Phi) is 3.89. The molecule has 0 aromatic carbocycles. The third-order valence-corrected chi connectivity index (χ3v) is 3.49. The number of aromatic nitrogens is 1. The zero-order chi connectivity index (χ0) is 14.9. The third-order valence-electron chi connectivity index (χ3n) is 3.49. The van der Waals surface area contributed by atoms with Gasteiger partial charge in [0.2, 0.25) is 0 Å². The average molecular weight is 280 g/mol. The van der Waals surface area contributed by atoms with E-state index in [1.165, 1.54) is 34.9 Å². The summed E-state index contributed by atoms with van der Waals surface area (Å²) in [5.74, 6) is -1.53. The molecule has 2 rings (SSSR count). The van der Waals surface area contributed by atoms with Crippen LogP contribution in [0.1, 0.15) is 16.8 Å². The van der Waals surface area contributed by atoms with Crippen molar-refractivity contribution in [3.05, 3.63) is 34.2 Å². The number of carboxylic acids is 1. The number of methoxy groups -OCH3 is 1. The number of ether oxygens (including phenoxy) is 1. The summed E-state index contributed by atoms with van der Waals surface area (Å²) in [6.07, 6.45) is 1.43. The maximum atomic E-state index is 12.3. The first-order chi connectivity index (χ1) is 9.43. The Morgan fingerprint density at radius 1 is 1.45 bits per heavy atom. The summed E-state index contributed by atoms with van der Waals surface area (Å²) < 4.78 is 6.47. The number of rotatable bonds is 3. The topological polar surface area (TPSA) is 88.8 Å². The molecule has 2 heterocycles. The van der Waals surface area contributed by atoms with Crippen molar-refractivity contribution in [3.63, 3.8) is 0 Å². The molecule has 0 aliphatic carbocycles. The average Bonchev–Trinajstić information content (AvgIpc) is 2.85. The molecule has 1 saturated heterocycles. The second kappa shape index (κ2) is 5.46. The van der Waals surface area contributed by atoms with Crippen LogP contribution in [0.4, 0.5) is 0 Å². The minimum atomic E-state index is -1.07. The van der Waals surface area contributed by atoms with E-state index < -0.39 is 17.9 Å². The van der Waals surface area contributed by atoms with E-state index in [0.29, 0.717) is 0 Å². The fourth-order valence-electron chi connectivity index (χ4n) is 2.27. The minimum Gasteiger partial charge on any atom is -0.480 e. The van der Waals surface area contributed by atoms with Gasteiger partial charge in [-0.2, -0.15) is 0 Å². The quantitative estimate of drug-likeness (QED) is 0.821. The lowest BCUT2D eigenvalue weighted by Gasteiger charge is -2.21. The van der Waals surface area contributed by atoms with Crippen molar-refractivity contribution in [2.75, 3.05) is 13.7 Å². The van der Waals surface area contributed by atoms with Crippen LogP contribution in [-0.4, -0.2) is 52.3 Å². The molecule has 2 unspecified atom stereocenters. The third kappa shape index (κ3) is 2.57. The van der Waals surface area contributed by atoms with Crippen molar-refractivity contribution in [1.29, 1.82) is 0 Å². The zero-order valence-electron chi connectivity index (χ0n) is 11.3. The van der Waals surface area contributed by atoms with E-state index in [9.17, 15) is 19.5 Å². The van der Waals surface area contributed by atoms with Crippen LogP contribution in [0, 0.1) is 0 Å². The summed E-state index contributed by atoms with van der Waals surface area (Å²) >= 11 is 0. The van der Waals surface area contributed by atoms with Gasteiger partial charge in [0.25, 0.3) is 11.5 Å². The first-order valence-electron chi connectivity index (χ1n) is 6.17. The van der Waals surface area contributed by atoms with Crippen LogP contribution in [0.5, 0.6) is 0 Å². The van der Waals surface area contributed by atoms with E-state index in [1.54, 1.807) is 7.05 Å². The number of carboxylic acid groups (broad SMARTS) is 1. The van der Waals surface area contributed by atoms with Gasteiger partial charge in [-0.25, -0.2) is 4.79 Å². The van der Waals surface area contributed by atoms with Crippen molar-refractivity contribution in [3.8, 4) is 0 Å². The molecule has 2 atom stereocenters. The molecule has 1 aromatic rings. The molecule has 7 nitrogen and oxygen atoms in total. The highest BCUT2D eigenvalue weighted by atomic mass is 16.5. The molecule has 1 aromatic heterocycles. The van der Waals surface area contributed by atoms with Gasteiger partial charge in [-0.1, -0.05) is 0 Å². The minimum absolute atomic E-state index is 0.191. The molecule has 0 radical (unpaired) electrons. The van der Waals surface area contributed by atoms with Gasteiger partial charge >= 0.3 is 5.97 Å². The van der Waals surface area contributed by atoms with E-state index in [-0.39, 0.29) is 30.2 Å². The first kappa shape index (κ1) is 14.3. The van der Waals surface area contributed by atoms with Gasteiger partial charge in [0.15, 0.2) is 0 Å². The Bertz CT molecular complexity index is 595. The van der Waals surface area contributed by atoms with E-state index in [1.807, 2.05) is 0 Å². The summed E-state index contributed by atoms with van der Waals surface area (Å²) in [7, 11) is 3.06. The number of carbonyl (C=O) groups excluding carboxylic acids is 1. The Balaban J connectivity index is 2.28. The summed E-state index contributed by atoms with van der Waals surface area (Å²) in [5.41, 5.74) is -0.124. The van der Waals surface area contributed by atoms with Gasteiger partial charge in [-0.15, -0.1) is 0 Å². The van der Waals surface area contributed by atoms with Gasteiger partial charge < -0.3 is 19.3 Å². The van der Waals surface area contributed by atoms with E-state index in [0.717, 1.165) is 0 Å². The molecule has 1 amide bonds. The highest BCUT2D eigenvalue weighted by molar-refractivity contribution is 5.96. The predicted octanol–water partition coefficient (Wildman–Crippen LogP) is -0.301. The molecule has 1 fully saturated rings. The number of pyridine rings is 1. The number of aryl methyl sites for hydroxylation is 1. The van der Waals surface area contributed by atoms with Gasteiger partial charge in [-0.3, -0.25) is 9.59 Å². The van der Waals surface area contributed by atoms with Gasteiger partial charge in [0, 0.05) is 44.9 Å². The standard InChI is InChI=1S/C13H16N2O5/c1-14-4-3-8(5-11(14)16)12(17)15-7-9(20-2)6-10(15)13(18)19/h3-5,9-10H,6-7H2,1-2H3,(H,18,19). The molecule has 7 heteroatoms. The maximum Gasteiger partial charge on any atom is 0.326 e. The molecular weight excluding hydrogens is 264 g/mol. The number of carbonyl (C=O) groups is 2. The van der Waals surface area contributed by atoms with Gasteiger partial charge in [-0.05, 0) is 6.07 Å². The smallest absolute Gasteiger partial charge is 0.326 e. The molecule has 108 valence electrons. The Morgan fingerprint density at radius 2 is 2.15 bits per heavy atom. The molecular formula is C13H16N2O5. The SMILES string of the molecule is COC1CC(C(=O)O)N(C(=O)c2ccn(C)c(=O)c2)C1. The number of hydrogen-bond acceptors (Lipinski definition) is 4. The van der Waals surface area contributed by atoms with Crippen LogP contribution in [0.2, 0.25) is 0 Å². The fourth-order valence-corrected chi connectivity index (χ4v) is 2.27. The van der Waals surface area contributed by atoms with Crippen LogP contribution < -0.4 is 5.56 Å². The largest absolute Gasteiger partial charge is 0.480 e. The zero-order valence-corrected chi connectivity index (χ0v) is 11.3. The van der Waals surface area contributed by atoms with Crippen LogP contribution in [0.3, 0.4) is 0 Å². The monoisotopic (exact) mass is 280 g/mol. The lowest BCUT2D eigenvalue weighted by Crippen LogP contribution is -2.41. The van der Waals surface area contributed by atoms with E-state index in [4.69, 9.17) is 4.74 Å². The first-order valence-corrected chi connectivity index (χ1v) is 6.17. The second-order valence-corrected chi connectivity index (χ2v) is 4.77. The highest BCUT2D eigenvalue weighted by Gasteiger charge is 2.40. The highest BCUT2D eigenvalue weighted by Crippen LogP contribution is 2.22. The number of aliphatic carboxylic acids is 1. The lowest BCUT2D eigenvalue weighted by molar-refractivity contribution is -0.141. The summed E-state index contributed by atoms with van der Waals surface area (Å²) in [4.78, 5) is 36.3. The number of hydrogen-bond donors (Lipinski definition) is 1. The number of likely N-dealkylation sites (tertiary alicyclic amines) is 1. The van der Waals surface area contributed by atoms with Crippen molar-refractivity contribution >= 4 is 11.9 Å². The Labute approximate surface area is 115 Å². The molecule has 1 aliphatic heterocycles. The van der Waals surface area contributed by atoms with Crippen LogP contribution >= 0.6 is 0 Å². The van der Waals surface area contributed by atoms with E-state index >= 15 is 0 Å². The summed E-state index contributed by atoms with van der Waals surface area (Å²) in [5, 5.41) is 9.18. The lowest BCUT2D eigenvalue weighted by atomic mass is 10.2. The van der Waals surface area contributed by atoms with Crippen LogP contribution in [0.25, 0.3) is 0 Å².